The van der Waals surface area contributed by atoms with Gasteiger partial charge in [0.15, 0.2) is 23.1 Å². The number of amides is 4. The van der Waals surface area contributed by atoms with E-state index >= 15 is 0 Å². The smallest absolute Gasteiger partial charge is 0.870 e. The van der Waals surface area contributed by atoms with Gasteiger partial charge in [-0.3, -0.25) is 24.2 Å². The molecule has 0 spiro atoms. The van der Waals surface area contributed by atoms with Crippen LogP contribution in [0.25, 0.3) is 22.5 Å². The molecule has 0 bridgehead atoms. The second-order valence-electron chi connectivity index (χ2n) is 20.5. The van der Waals surface area contributed by atoms with Crippen molar-refractivity contribution in [1.29, 1.82) is 0 Å². The molecule has 22 nitrogen and oxygen atoms in total. The first-order valence-corrected chi connectivity index (χ1v) is 25.0. The molecular formula is C55H67LiN12O10. The second-order valence-corrected chi connectivity index (χ2v) is 20.5. The van der Waals surface area contributed by atoms with Gasteiger partial charge in [0.25, 0.3) is 11.8 Å². The van der Waals surface area contributed by atoms with Gasteiger partial charge in [0.1, 0.15) is 39.9 Å². The molecule has 23 heteroatoms. The molecule has 8 rings (SSSR count). The number of rotatable bonds is 12. The van der Waals surface area contributed by atoms with Gasteiger partial charge >= 0.3 is 37.0 Å². The molecule has 2 aliphatic heterocycles. The monoisotopic (exact) mass is 1060 g/mol. The molecule has 2 fully saturated rings. The number of carbonyl (C=O) groups is 6. The zero-order chi connectivity index (χ0) is 55.2. The Kier molecular flexibility index (Phi) is 19.8. The van der Waals surface area contributed by atoms with Crippen LogP contribution < -0.4 is 40.3 Å². The number of Topliss-reactive ketones (excluding diaryl/α,β-unsaturated/α-hetero) is 1. The fraction of sp³-hybridized carbons (Fsp3) is 0.382. The van der Waals surface area contributed by atoms with E-state index in [1.807, 2.05) is 46.8 Å². The van der Waals surface area contributed by atoms with Crippen LogP contribution in [0.4, 0.5) is 21.2 Å². The van der Waals surface area contributed by atoms with Crippen LogP contribution in [-0.2, 0) is 9.47 Å². The maximum atomic E-state index is 12.9. The van der Waals surface area contributed by atoms with Crippen molar-refractivity contribution in [1.82, 2.24) is 39.1 Å². The number of aryl methyl sites for hydroxylation is 2. The van der Waals surface area contributed by atoms with Crippen LogP contribution in [0.2, 0.25) is 0 Å². The summed E-state index contributed by atoms with van der Waals surface area (Å²) in [4.78, 5) is 97.5. The van der Waals surface area contributed by atoms with Gasteiger partial charge in [-0.1, -0.05) is 24.3 Å². The van der Waals surface area contributed by atoms with E-state index in [2.05, 4.69) is 31.5 Å². The quantitative estimate of drug-likeness (QED) is 0.0670. The van der Waals surface area contributed by atoms with Crippen LogP contribution in [0.5, 0.6) is 0 Å². The molecule has 2 aliphatic rings. The maximum absolute atomic E-state index is 12.9. The van der Waals surface area contributed by atoms with Gasteiger partial charge in [0.05, 0.1) is 12.1 Å². The molecule has 0 saturated carbocycles. The first kappa shape index (κ1) is 60.8. The van der Waals surface area contributed by atoms with Gasteiger partial charge in [-0.2, -0.15) is 0 Å². The molecule has 78 heavy (non-hydrogen) atoms. The number of anilines is 2. The van der Waals surface area contributed by atoms with Crippen LogP contribution in [0, 0.1) is 13.8 Å². The molecule has 6 N–H and O–H groups in total. The van der Waals surface area contributed by atoms with E-state index in [1.54, 1.807) is 122 Å². The number of nitrogens with one attached hydrogen (secondary N) is 4. The minimum Gasteiger partial charge on any atom is -0.870 e. The number of hydrogen-bond donors (Lipinski definition) is 5. The van der Waals surface area contributed by atoms with Crippen molar-refractivity contribution in [2.45, 2.75) is 111 Å². The normalized spacial score (nSPS) is 14.9. The van der Waals surface area contributed by atoms with E-state index in [0.29, 0.717) is 82.9 Å². The van der Waals surface area contributed by atoms with E-state index in [-0.39, 0.29) is 59.4 Å². The van der Waals surface area contributed by atoms with Crippen molar-refractivity contribution in [3.8, 4) is 22.5 Å². The summed E-state index contributed by atoms with van der Waals surface area (Å²) in [6, 6.07) is 19.8. The number of hydrogen-bond acceptors (Lipinski definition) is 15. The fourth-order valence-corrected chi connectivity index (χ4v) is 8.99. The molecule has 0 radical (unpaired) electrons. The number of carbonyl (C=O) groups excluding carboxylic acids is 5. The fourth-order valence-electron chi connectivity index (χ4n) is 8.99. The van der Waals surface area contributed by atoms with Crippen LogP contribution in [0.3, 0.4) is 0 Å². The molecular weight excluding hydrogens is 996 g/mol. The minimum absolute atomic E-state index is 0. The zero-order valence-corrected chi connectivity index (χ0v) is 46.2. The summed E-state index contributed by atoms with van der Waals surface area (Å²) in [5.74, 6) is -0.115. The predicted octanol–water partition coefficient (Wildman–Crippen LogP) is 6.23. The molecule has 0 unspecified atom stereocenters. The number of ether oxygens (including phenoxy) is 2. The van der Waals surface area contributed by atoms with Crippen LogP contribution in [0.15, 0.2) is 85.2 Å². The number of imidazole rings is 2. The van der Waals surface area contributed by atoms with Crippen molar-refractivity contribution in [3.05, 3.63) is 130 Å². The molecule has 2 aromatic carbocycles. The van der Waals surface area contributed by atoms with Gasteiger partial charge in [-0.25, -0.2) is 43.7 Å². The Bertz CT molecular complexity index is 2940. The van der Waals surface area contributed by atoms with Crippen LogP contribution >= 0.6 is 0 Å². The number of ketones is 1. The third-order valence-corrected chi connectivity index (χ3v) is 12.3. The number of aromatic nitrogens is 6. The van der Waals surface area contributed by atoms with E-state index in [9.17, 15) is 33.9 Å². The Morgan fingerprint density at radius 3 is 1.31 bits per heavy atom. The van der Waals surface area contributed by atoms with E-state index < -0.39 is 35.4 Å². The maximum Gasteiger partial charge on any atom is 1.00 e. The van der Waals surface area contributed by atoms with Crippen molar-refractivity contribution in [2.24, 2.45) is 0 Å². The van der Waals surface area contributed by atoms with Crippen molar-refractivity contribution in [2.75, 3.05) is 48.7 Å². The van der Waals surface area contributed by atoms with E-state index in [1.165, 1.54) is 11.6 Å². The Morgan fingerprint density at radius 1 is 0.603 bits per heavy atom. The zero-order valence-electron chi connectivity index (χ0n) is 46.2. The molecule has 4 amide bonds. The molecule has 408 valence electrons. The predicted molar refractivity (Wildman–Crippen MR) is 288 cm³/mol. The number of nitrogens with zero attached hydrogens (tertiary/aromatic N) is 8. The number of carboxylic acid groups (broad SMARTS) is 1. The Labute approximate surface area is 465 Å². The molecule has 6 aromatic rings. The number of benzene rings is 2. The number of carboxylic acids is 1. The first-order valence-electron chi connectivity index (χ1n) is 25.0. The van der Waals surface area contributed by atoms with Crippen molar-refractivity contribution >= 4 is 47.4 Å². The topological polar surface area (TPSA) is 287 Å². The summed E-state index contributed by atoms with van der Waals surface area (Å²) >= 11 is 0. The summed E-state index contributed by atoms with van der Waals surface area (Å²) in [7, 11) is 3.31. The van der Waals surface area contributed by atoms with Crippen LogP contribution in [0.1, 0.15) is 151 Å². The van der Waals surface area contributed by atoms with Crippen molar-refractivity contribution < 1.29 is 67.7 Å². The molecule has 2 saturated heterocycles. The SMILES string of the molecule is CNn1c([C@@H]2CCCN2C(=O)OC(C)(C)C)nc(-c2ccc(C(=O)Nc3cc(C)ccn3)cc2)c1C(=O)O.CNn1c([C@@H]2CCCN2C(=O)OC(C)(C)C)nc(-c2ccc(C(=O)Nc3cc(C)ccn3)cc2)c1C(C)=O.[Li+].[OH-]. The van der Waals surface area contributed by atoms with E-state index in [4.69, 9.17) is 19.4 Å². The molecule has 2 atom stereocenters. The second kappa shape index (κ2) is 25.4. The minimum atomic E-state index is -1.18. The molecule has 4 aromatic heterocycles. The summed E-state index contributed by atoms with van der Waals surface area (Å²) in [5, 5.41) is 15.6. The number of aromatic carboxylic acids is 1. The molecule has 0 aliphatic carbocycles. The summed E-state index contributed by atoms with van der Waals surface area (Å²) in [6.07, 6.45) is 5.22. The largest absolute Gasteiger partial charge is 1.00 e. The Balaban J connectivity index is 0.000000280. The van der Waals surface area contributed by atoms with Gasteiger partial charge < -0.3 is 41.5 Å². The standard InChI is InChI=1S/C28H34N6O4.C27H32N6O5.Li.H2O/c1-17-13-14-30-22(16-17)31-26(36)20-11-9-19(10-12-20)23-24(18(2)35)34(29-6)25(32-23)21-8-7-15-33(21)27(37)38-28(3,4)5;1-16-12-13-29-20(15-16)30-24(34)18-10-8-17(9-11-18)21-22(25(35)36)33(28-5)23(31-21)19-7-6-14-32(19)26(37)38-27(2,3)4;;/h9-14,16,21,29H,7-8,15H2,1-6H3,(H,30,31,36);8-13,15,19,28H,6-7,14H2,1-5H3,(H,35,36)(H,29,30,34);;1H2/q;;+1;/p-1/t21-;19-;;/m00../s1. The first-order chi connectivity index (χ1) is 36.0. The van der Waals surface area contributed by atoms with Gasteiger partial charge in [-0.15, -0.1) is 0 Å². The average molecular weight is 1060 g/mol. The third kappa shape index (κ3) is 14.3. The van der Waals surface area contributed by atoms with Gasteiger partial charge in [0, 0.05) is 68.8 Å². The molecule has 6 heterocycles. The number of likely N-dealkylation sites (tertiary alicyclic amines) is 2. The Hall–Kier alpha value is -8.06. The average Bonchev–Trinajstić information content (AvgIpc) is 4.19. The Morgan fingerprint density at radius 2 is 0.974 bits per heavy atom. The van der Waals surface area contributed by atoms with Gasteiger partial charge in [0.2, 0.25) is 0 Å². The summed E-state index contributed by atoms with van der Waals surface area (Å²) in [5.41, 5.74) is 9.68. The number of pyridine rings is 2. The van der Waals surface area contributed by atoms with Crippen LogP contribution in [-0.4, -0.2) is 124 Å². The van der Waals surface area contributed by atoms with Gasteiger partial charge in [-0.05, 0) is 141 Å². The summed E-state index contributed by atoms with van der Waals surface area (Å²) < 4.78 is 14.2. The van der Waals surface area contributed by atoms with Crippen molar-refractivity contribution in [3.63, 3.8) is 0 Å². The van der Waals surface area contributed by atoms with E-state index in [0.717, 1.165) is 24.0 Å². The third-order valence-electron chi connectivity index (χ3n) is 12.3. The summed E-state index contributed by atoms with van der Waals surface area (Å²) in [6.45, 7) is 17.2.